The number of para-hydroxylation sites is 1. The second-order valence-corrected chi connectivity index (χ2v) is 9.03. The summed E-state index contributed by atoms with van der Waals surface area (Å²) in [5.74, 6) is 0.675. The van der Waals surface area contributed by atoms with E-state index in [1.165, 1.54) is 5.56 Å². The Hall–Kier alpha value is -2.86. The van der Waals surface area contributed by atoms with Crippen molar-refractivity contribution in [2.75, 3.05) is 26.8 Å². The zero-order valence-corrected chi connectivity index (χ0v) is 19.0. The standard InChI is InChI=1S/C26H32N2O4/c1-18(2)25(30)28-15-13-26(14-16-28)21-12-8-7-11-20(21)23(24(26)31-3)27-22(29)17-32-19-9-5-4-6-10-19/h4-12,18,23-24H,13-17H2,1-3H3,(H,27,29)/t23-,24+/m1/s1. The number of carbonyl (C=O) groups excluding carboxylic acids is 2. The molecule has 1 heterocycles. The Balaban J connectivity index is 1.52. The highest BCUT2D eigenvalue weighted by atomic mass is 16.5. The normalized spacial score (nSPS) is 21.4. The summed E-state index contributed by atoms with van der Waals surface area (Å²) in [4.78, 5) is 27.3. The fourth-order valence-corrected chi connectivity index (χ4v) is 5.30. The summed E-state index contributed by atoms with van der Waals surface area (Å²) in [5, 5.41) is 3.16. The predicted molar refractivity (Wildman–Crippen MR) is 122 cm³/mol. The van der Waals surface area contributed by atoms with Crippen molar-refractivity contribution >= 4 is 11.8 Å². The third-order valence-corrected chi connectivity index (χ3v) is 6.82. The van der Waals surface area contributed by atoms with E-state index in [9.17, 15) is 9.59 Å². The van der Waals surface area contributed by atoms with Gasteiger partial charge >= 0.3 is 0 Å². The molecule has 2 aromatic rings. The molecule has 2 aliphatic rings. The number of methoxy groups -OCH3 is 1. The highest BCUT2D eigenvalue weighted by Gasteiger charge is 2.54. The molecule has 0 saturated carbocycles. The lowest BCUT2D eigenvalue weighted by atomic mass is 9.71. The van der Waals surface area contributed by atoms with Crippen LogP contribution in [0, 0.1) is 5.92 Å². The molecule has 1 saturated heterocycles. The topological polar surface area (TPSA) is 67.9 Å². The quantitative estimate of drug-likeness (QED) is 0.753. The van der Waals surface area contributed by atoms with Gasteiger partial charge in [-0.3, -0.25) is 9.59 Å². The molecule has 170 valence electrons. The van der Waals surface area contributed by atoms with Crippen LogP contribution < -0.4 is 10.1 Å². The van der Waals surface area contributed by atoms with Crippen molar-refractivity contribution in [2.24, 2.45) is 5.92 Å². The SMILES string of the molecule is CO[C@H]1[C@H](NC(=O)COc2ccccc2)c2ccccc2C12CCN(C(=O)C(C)C)CC2. The highest BCUT2D eigenvalue weighted by molar-refractivity contribution is 5.79. The molecule has 6 heteroatoms. The maximum absolute atomic E-state index is 12.8. The van der Waals surface area contributed by atoms with Crippen LogP contribution in [0.15, 0.2) is 54.6 Å². The average Bonchev–Trinajstić information content (AvgIpc) is 3.07. The number of hydrogen-bond donors (Lipinski definition) is 1. The van der Waals surface area contributed by atoms with Gasteiger partial charge in [-0.2, -0.15) is 0 Å². The average molecular weight is 437 g/mol. The molecular weight excluding hydrogens is 404 g/mol. The number of benzene rings is 2. The van der Waals surface area contributed by atoms with E-state index in [2.05, 4.69) is 17.4 Å². The number of amides is 2. The summed E-state index contributed by atoms with van der Waals surface area (Å²) < 4.78 is 11.7. The summed E-state index contributed by atoms with van der Waals surface area (Å²) in [5.41, 5.74) is 2.09. The van der Waals surface area contributed by atoms with Gasteiger partial charge in [-0.15, -0.1) is 0 Å². The first-order valence-corrected chi connectivity index (χ1v) is 11.3. The molecule has 1 fully saturated rings. The molecule has 2 atom stereocenters. The zero-order chi connectivity index (χ0) is 22.7. The van der Waals surface area contributed by atoms with Crippen molar-refractivity contribution in [3.8, 4) is 5.75 Å². The Morgan fingerprint density at radius 2 is 1.72 bits per heavy atom. The Kier molecular flexibility index (Phi) is 6.51. The Morgan fingerprint density at radius 1 is 1.06 bits per heavy atom. The molecule has 1 aliphatic carbocycles. The number of nitrogens with zero attached hydrogens (tertiary/aromatic N) is 1. The molecule has 1 spiro atoms. The first-order valence-electron chi connectivity index (χ1n) is 11.3. The van der Waals surface area contributed by atoms with E-state index in [0.717, 1.165) is 18.4 Å². The summed E-state index contributed by atoms with van der Waals surface area (Å²) in [6.45, 7) is 5.23. The molecule has 0 bridgehead atoms. The van der Waals surface area contributed by atoms with Gasteiger partial charge in [0.15, 0.2) is 6.61 Å². The first kappa shape index (κ1) is 22.3. The van der Waals surface area contributed by atoms with Crippen molar-refractivity contribution in [1.29, 1.82) is 0 Å². The lowest BCUT2D eigenvalue weighted by molar-refractivity contribution is -0.137. The van der Waals surface area contributed by atoms with Gasteiger partial charge in [0, 0.05) is 31.5 Å². The molecule has 0 aromatic heterocycles. The number of hydrogen-bond acceptors (Lipinski definition) is 4. The molecule has 1 aliphatic heterocycles. The smallest absolute Gasteiger partial charge is 0.258 e. The lowest BCUT2D eigenvalue weighted by Gasteiger charge is -2.44. The largest absolute Gasteiger partial charge is 0.484 e. The number of nitrogens with one attached hydrogen (secondary N) is 1. The molecule has 1 N–H and O–H groups in total. The Bertz CT molecular complexity index is 951. The monoisotopic (exact) mass is 436 g/mol. The highest BCUT2D eigenvalue weighted by Crippen LogP contribution is 2.52. The van der Waals surface area contributed by atoms with Gasteiger partial charge in [-0.05, 0) is 36.1 Å². The summed E-state index contributed by atoms with van der Waals surface area (Å²) in [7, 11) is 1.71. The molecule has 32 heavy (non-hydrogen) atoms. The maximum atomic E-state index is 12.8. The van der Waals surface area contributed by atoms with Gasteiger partial charge in [-0.25, -0.2) is 0 Å². The number of piperidine rings is 1. The van der Waals surface area contributed by atoms with Gasteiger partial charge in [0.25, 0.3) is 5.91 Å². The minimum atomic E-state index is -0.254. The molecule has 2 amide bonds. The van der Waals surface area contributed by atoms with Gasteiger partial charge in [0.2, 0.25) is 5.91 Å². The summed E-state index contributed by atoms with van der Waals surface area (Å²) in [6, 6.07) is 17.3. The Labute approximate surface area is 189 Å². The van der Waals surface area contributed by atoms with Crippen molar-refractivity contribution in [3.63, 3.8) is 0 Å². The van der Waals surface area contributed by atoms with Crippen molar-refractivity contribution in [1.82, 2.24) is 10.2 Å². The number of ether oxygens (including phenoxy) is 2. The van der Waals surface area contributed by atoms with Gasteiger partial charge in [0.05, 0.1) is 12.1 Å². The van der Waals surface area contributed by atoms with Crippen LogP contribution in [0.25, 0.3) is 0 Å². The molecule has 2 aromatic carbocycles. The van der Waals surface area contributed by atoms with Crippen molar-refractivity contribution in [3.05, 3.63) is 65.7 Å². The number of fused-ring (bicyclic) bond motifs is 2. The minimum absolute atomic E-state index is 0.00483. The van der Waals surface area contributed by atoms with Crippen LogP contribution in [0.4, 0.5) is 0 Å². The van der Waals surface area contributed by atoms with E-state index in [1.54, 1.807) is 7.11 Å². The molecule has 4 rings (SSSR count). The van der Waals surface area contributed by atoms with Crippen molar-refractivity contribution < 1.29 is 19.1 Å². The van der Waals surface area contributed by atoms with E-state index in [1.807, 2.05) is 61.2 Å². The first-order chi connectivity index (χ1) is 15.5. The van der Waals surface area contributed by atoms with E-state index in [4.69, 9.17) is 9.47 Å². The van der Waals surface area contributed by atoms with E-state index >= 15 is 0 Å². The van der Waals surface area contributed by atoms with Crippen LogP contribution in [0.3, 0.4) is 0 Å². The van der Waals surface area contributed by atoms with Crippen LogP contribution in [0.2, 0.25) is 0 Å². The van der Waals surface area contributed by atoms with Crippen LogP contribution in [-0.2, 0) is 19.7 Å². The van der Waals surface area contributed by atoms with E-state index < -0.39 is 0 Å². The predicted octanol–water partition coefficient (Wildman–Crippen LogP) is 3.47. The second-order valence-electron chi connectivity index (χ2n) is 9.03. The van der Waals surface area contributed by atoms with Crippen LogP contribution in [0.1, 0.15) is 43.9 Å². The van der Waals surface area contributed by atoms with Crippen LogP contribution >= 0.6 is 0 Å². The van der Waals surface area contributed by atoms with Gasteiger partial charge in [-0.1, -0.05) is 56.3 Å². The van der Waals surface area contributed by atoms with Gasteiger partial charge in [0.1, 0.15) is 5.75 Å². The van der Waals surface area contributed by atoms with Crippen LogP contribution in [0.5, 0.6) is 5.75 Å². The zero-order valence-electron chi connectivity index (χ0n) is 19.0. The number of likely N-dealkylation sites (tertiary alicyclic amines) is 1. The molecule has 0 unspecified atom stereocenters. The third-order valence-electron chi connectivity index (χ3n) is 6.82. The van der Waals surface area contributed by atoms with E-state index in [-0.39, 0.29) is 41.9 Å². The second kappa shape index (κ2) is 9.33. The van der Waals surface area contributed by atoms with Gasteiger partial charge < -0.3 is 19.7 Å². The number of rotatable bonds is 6. The van der Waals surface area contributed by atoms with Crippen LogP contribution in [-0.4, -0.2) is 49.6 Å². The lowest BCUT2D eigenvalue weighted by Crippen LogP contribution is -2.52. The molecule has 0 radical (unpaired) electrons. The molecule has 6 nitrogen and oxygen atoms in total. The summed E-state index contributed by atoms with van der Waals surface area (Å²) >= 11 is 0. The number of carbonyl (C=O) groups is 2. The Morgan fingerprint density at radius 3 is 2.38 bits per heavy atom. The van der Waals surface area contributed by atoms with E-state index in [0.29, 0.717) is 18.8 Å². The summed E-state index contributed by atoms with van der Waals surface area (Å²) in [6.07, 6.45) is 1.43. The molecular formula is C26H32N2O4. The van der Waals surface area contributed by atoms with Crippen molar-refractivity contribution in [2.45, 2.75) is 44.2 Å². The minimum Gasteiger partial charge on any atom is -0.484 e. The fraction of sp³-hybridized carbons (Fsp3) is 0.462. The maximum Gasteiger partial charge on any atom is 0.258 e. The third kappa shape index (κ3) is 4.11. The fourth-order valence-electron chi connectivity index (χ4n) is 5.30.